The van der Waals surface area contributed by atoms with Crippen molar-refractivity contribution in [1.82, 2.24) is 5.32 Å². The summed E-state index contributed by atoms with van der Waals surface area (Å²) in [6.45, 7) is 6.61. The number of benzene rings is 4. The summed E-state index contributed by atoms with van der Waals surface area (Å²) in [4.78, 5) is 2.25. The summed E-state index contributed by atoms with van der Waals surface area (Å²) in [5.74, 6) is 1.66. The second-order valence-electron chi connectivity index (χ2n) is 9.96. The first kappa shape index (κ1) is 22.4. The number of nitrogens with zero attached hydrogens (tertiary/aromatic N) is 1. The van der Waals surface area contributed by atoms with Gasteiger partial charge in [-0.1, -0.05) is 79.4 Å². The highest BCUT2D eigenvalue weighted by molar-refractivity contribution is 5.88. The van der Waals surface area contributed by atoms with E-state index in [9.17, 15) is 0 Å². The highest BCUT2D eigenvalue weighted by Gasteiger charge is 2.27. The Morgan fingerprint density at radius 1 is 0.895 bits per heavy atom. The van der Waals surface area contributed by atoms with E-state index in [0.29, 0.717) is 6.04 Å². The first-order valence-electron chi connectivity index (χ1n) is 13.1. The van der Waals surface area contributed by atoms with Gasteiger partial charge in [-0.2, -0.15) is 0 Å². The van der Waals surface area contributed by atoms with E-state index in [1.165, 1.54) is 21.6 Å². The number of allylic oxidation sites excluding steroid dienone is 3. The van der Waals surface area contributed by atoms with Gasteiger partial charge in [-0.25, -0.2) is 0 Å². The molecular formula is C35H28N2O. The Morgan fingerprint density at radius 3 is 2.55 bits per heavy atom. The molecule has 184 valence electrons. The molecule has 4 aromatic carbocycles. The van der Waals surface area contributed by atoms with Gasteiger partial charge in [0.1, 0.15) is 0 Å². The molecule has 0 amide bonds. The second kappa shape index (κ2) is 8.97. The minimum Gasteiger partial charge on any atom is -0.453 e. The third-order valence-electron chi connectivity index (χ3n) is 7.67. The third-order valence-corrected chi connectivity index (χ3v) is 7.67. The zero-order chi connectivity index (χ0) is 25.6. The molecule has 3 nitrogen and oxygen atoms in total. The lowest BCUT2D eigenvalue weighted by Crippen LogP contribution is -2.37. The summed E-state index contributed by atoms with van der Waals surface area (Å²) in [5.41, 5.74) is 9.01. The van der Waals surface area contributed by atoms with Crippen LogP contribution in [0.2, 0.25) is 0 Å². The molecule has 0 saturated carbocycles. The van der Waals surface area contributed by atoms with Crippen LogP contribution in [-0.4, -0.2) is 6.04 Å². The molecule has 1 aliphatic carbocycles. The predicted octanol–water partition coefficient (Wildman–Crippen LogP) is 7.11. The van der Waals surface area contributed by atoms with Crippen LogP contribution in [0, 0.1) is 0 Å². The Hall–Kier alpha value is -4.76. The minimum atomic E-state index is 0.332. The maximum atomic E-state index is 6.38. The maximum Gasteiger partial charge on any atom is 0.152 e. The topological polar surface area (TPSA) is 24.5 Å². The first-order valence-corrected chi connectivity index (χ1v) is 13.1. The van der Waals surface area contributed by atoms with E-state index in [2.05, 4.69) is 115 Å². The molecule has 0 saturated heterocycles. The lowest BCUT2D eigenvalue weighted by molar-refractivity contribution is 0.477. The van der Waals surface area contributed by atoms with E-state index in [-0.39, 0.29) is 0 Å². The van der Waals surface area contributed by atoms with E-state index in [4.69, 9.17) is 4.74 Å². The highest BCUT2D eigenvalue weighted by Crippen LogP contribution is 2.50. The Morgan fingerprint density at radius 2 is 1.66 bits per heavy atom. The van der Waals surface area contributed by atoms with Crippen LogP contribution >= 0.6 is 0 Å². The van der Waals surface area contributed by atoms with Crippen molar-refractivity contribution in [1.29, 1.82) is 0 Å². The number of fused-ring (bicyclic) bond motifs is 4. The average Bonchev–Trinajstić information content (AvgIpc) is 3.30. The summed E-state index contributed by atoms with van der Waals surface area (Å²) in [6.07, 6.45) is 7.60. The van der Waals surface area contributed by atoms with Crippen molar-refractivity contribution in [2.75, 3.05) is 4.90 Å². The fourth-order valence-corrected chi connectivity index (χ4v) is 5.77. The molecule has 1 N–H and O–H groups in total. The van der Waals surface area contributed by atoms with Gasteiger partial charge in [-0.05, 0) is 88.5 Å². The molecule has 1 unspecified atom stereocenters. The van der Waals surface area contributed by atoms with Gasteiger partial charge in [-0.15, -0.1) is 0 Å². The molecule has 3 aliphatic rings. The van der Waals surface area contributed by atoms with E-state index in [0.717, 1.165) is 51.8 Å². The monoisotopic (exact) mass is 492 g/mol. The number of ether oxygens (including phenoxy) is 1. The SMILES string of the molecule is C=C(/C=C\C1=C(C)C2=c3ccccc3=CCC2N1)c1ccc2c(c1)Oc1ccccc1N2c1ccccc1. The zero-order valence-corrected chi connectivity index (χ0v) is 21.3. The number of anilines is 3. The Labute approximate surface area is 223 Å². The van der Waals surface area contributed by atoms with Crippen molar-refractivity contribution < 1.29 is 4.74 Å². The molecule has 0 radical (unpaired) electrons. The molecule has 0 spiro atoms. The molecule has 2 heterocycles. The zero-order valence-electron chi connectivity index (χ0n) is 21.3. The summed E-state index contributed by atoms with van der Waals surface area (Å²) in [7, 11) is 0. The van der Waals surface area contributed by atoms with Gasteiger partial charge in [0.2, 0.25) is 0 Å². The molecule has 1 atom stereocenters. The highest BCUT2D eigenvalue weighted by atomic mass is 16.5. The summed E-state index contributed by atoms with van der Waals surface area (Å²) < 4.78 is 6.38. The standard InChI is InChI=1S/C35H28N2O/c1-23(16-19-29-24(2)35-28-13-7-6-10-25(28)17-20-30(35)36-29)26-18-21-32-34(22-26)38-33-15-9-8-14-31(33)37(32)27-11-4-3-5-12-27/h3-19,21-22,30,36H,1,20H2,2H3/b19-16-. The quantitative estimate of drug-likeness (QED) is 0.271. The fourth-order valence-electron chi connectivity index (χ4n) is 5.77. The van der Waals surface area contributed by atoms with Crippen LogP contribution in [-0.2, 0) is 0 Å². The molecule has 0 fully saturated rings. The number of hydrogen-bond acceptors (Lipinski definition) is 3. The fraction of sp³-hybridized carbons (Fsp3) is 0.0857. The van der Waals surface area contributed by atoms with Crippen molar-refractivity contribution in [3.8, 4) is 11.5 Å². The minimum absolute atomic E-state index is 0.332. The number of rotatable bonds is 4. The van der Waals surface area contributed by atoms with E-state index >= 15 is 0 Å². The summed E-state index contributed by atoms with van der Waals surface area (Å²) >= 11 is 0. The molecule has 0 bridgehead atoms. The van der Waals surface area contributed by atoms with E-state index < -0.39 is 0 Å². The van der Waals surface area contributed by atoms with Gasteiger partial charge in [-0.3, -0.25) is 0 Å². The van der Waals surface area contributed by atoms with Crippen LogP contribution in [0.25, 0.3) is 17.2 Å². The lowest BCUT2D eigenvalue weighted by atomic mass is 9.92. The normalized spacial score (nSPS) is 17.1. The van der Waals surface area contributed by atoms with Crippen LogP contribution in [0.1, 0.15) is 18.9 Å². The van der Waals surface area contributed by atoms with Gasteiger partial charge in [0.25, 0.3) is 0 Å². The van der Waals surface area contributed by atoms with Crippen LogP contribution in [0.4, 0.5) is 17.1 Å². The molecule has 3 heteroatoms. The average molecular weight is 493 g/mol. The smallest absolute Gasteiger partial charge is 0.152 e. The molecular weight excluding hydrogens is 464 g/mol. The lowest BCUT2D eigenvalue weighted by Gasteiger charge is -2.33. The van der Waals surface area contributed by atoms with Crippen molar-refractivity contribution >= 4 is 34.3 Å². The molecule has 38 heavy (non-hydrogen) atoms. The largest absolute Gasteiger partial charge is 0.453 e. The van der Waals surface area contributed by atoms with Crippen molar-refractivity contribution in [2.45, 2.75) is 19.4 Å². The van der Waals surface area contributed by atoms with Crippen LogP contribution in [0.15, 0.2) is 127 Å². The molecule has 4 aromatic rings. The van der Waals surface area contributed by atoms with E-state index in [1.54, 1.807) is 0 Å². The summed E-state index contributed by atoms with van der Waals surface area (Å²) in [6, 6.07) is 33.9. The molecule has 2 aliphatic heterocycles. The second-order valence-corrected chi connectivity index (χ2v) is 9.96. The molecule has 7 rings (SSSR count). The maximum absolute atomic E-state index is 6.38. The Kier molecular flexibility index (Phi) is 5.29. The summed E-state index contributed by atoms with van der Waals surface area (Å²) in [5, 5.41) is 6.39. The van der Waals surface area contributed by atoms with Crippen LogP contribution in [0.5, 0.6) is 11.5 Å². The Balaban J connectivity index is 1.21. The number of hydrogen-bond donors (Lipinski definition) is 1. The van der Waals surface area contributed by atoms with Crippen molar-refractivity contribution in [3.05, 3.63) is 143 Å². The van der Waals surface area contributed by atoms with Gasteiger partial charge >= 0.3 is 0 Å². The number of para-hydroxylation sites is 3. The number of nitrogens with one attached hydrogen (secondary N) is 1. The van der Waals surface area contributed by atoms with Gasteiger partial charge in [0.05, 0.1) is 17.4 Å². The van der Waals surface area contributed by atoms with Gasteiger partial charge < -0.3 is 15.0 Å². The molecule has 0 aromatic heterocycles. The van der Waals surface area contributed by atoms with Crippen molar-refractivity contribution in [3.63, 3.8) is 0 Å². The predicted molar refractivity (Wildman–Crippen MR) is 157 cm³/mol. The van der Waals surface area contributed by atoms with Crippen LogP contribution in [0.3, 0.4) is 0 Å². The van der Waals surface area contributed by atoms with Gasteiger partial charge in [0, 0.05) is 11.4 Å². The van der Waals surface area contributed by atoms with Crippen molar-refractivity contribution in [2.24, 2.45) is 0 Å². The third kappa shape index (κ3) is 3.67. The van der Waals surface area contributed by atoms with E-state index in [1.807, 2.05) is 24.3 Å². The van der Waals surface area contributed by atoms with Gasteiger partial charge in [0.15, 0.2) is 11.5 Å². The Bertz CT molecular complexity index is 1780. The first-order chi connectivity index (χ1) is 18.7. The van der Waals surface area contributed by atoms with Crippen LogP contribution < -0.4 is 25.4 Å².